The van der Waals surface area contributed by atoms with Crippen LogP contribution in [0.2, 0.25) is 0 Å². The summed E-state index contributed by atoms with van der Waals surface area (Å²) in [5.74, 6) is 0. The van der Waals surface area contributed by atoms with Crippen molar-refractivity contribution in [1.29, 1.82) is 0 Å². The standard InChI is InChI=1S/C6H6BF3N2O2/c8-6(9,10)5-4(11)3(7(13)14)1-2-12-5/h1-2,13-14H,11H2. The second-order valence-electron chi connectivity index (χ2n) is 2.53. The van der Waals surface area contributed by atoms with E-state index in [0.717, 1.165) is 12.3 Å². The molecule has 0 atom stereocenters. The van der Waals surface area contributed by atoms with Crippen LogP contribution in [0.3, 0.4) is 0 Å². The minimum atomic E-state index is -4.70. The quantitative estimate of drug-likeness (QED) is 0.534. The van der Waals surface area contributed by atoms with Crippen LogP contribution >= 0.6 is 0 Å². The van der Waals surface area contributed by atoms with Crippen molar-refractivity contribution in [2.45, 2.75) is 6.18 Å². The van der Waals surface area contributed by atoms with Crippen LogP contribution in [-0.4, -0.2) is 22.2 Å². The highest BCUT2D eigenvalue weighted by atomic mass is 19.4. The van der Waals surface area contributed by atoms with Crippen LogP contribution in [0.25, 0.3) is 0 Å². The number of nitrogen functional groups attached to an aromatic ring is 1. The van der Waals surface area contributed by atoms with E-state index in [9.17, 15) is 13.2 Å². The van der Waals surface area contributed by atoms with Crippen molar-refractivity contribution in [3.63, 3.8) is 0 Å². The Morgan fingerprint density at radius 3 is 2.36 bits per heavy atom. The van der Waals surface area contributed by atoms with Crippen LogP contribution in [0.5, 0.6) is 0 Å². The second-order valence-corrected chi connectivity index (χ2v) is 2.53. The monoisotopic (exact) mass is 206 g/mol. The largest absolute Gasteiger partial charge is 0.490 e. The number of pyridine rings is 1. The Morgan fingerprint density at radius 2 is 1.93 bits per heavy atom. The maximum absolute atomic E-state index is 12.2. The number of nitrogens with zero attached hydrogens (tertiary/aromatic N) is 1. The van der Waals surface area contributed by atoms with Crippen molar-refractivity contribution in [3.8, 4) is 0 Å². The molecule has 4 nitrogen and oxygen atoms in total. The van der Waals surface area contributed by atoms with Gasteiger partial charge in [0.25, 0.3) is 0 Å². The topological polar surface area (TPSA) is 79.4 Å². The Labute approximate surface area is 77.3 Å². The van der Waals surface area contributed by atoms with Gasteiger partial charge in [-0.3, -0.25) is 0 Å². The van der Waals surface area contributed by atoms with Crippen LogP contribution in [0.4, 0.5) is 18.9 Å². The third-order valence-corrected chi connectivity index (χ3v) is 1.57. The minimum Gasteiger partial charge on any atom is -0.423 e. The maximum Gasteiger partial charge on any atom is 0.490 e. The number of aromatic nitrogens is 1. The smallest absolute Gasteiger partial charge is 0.423 e. The first-order valence-electron chi connectivity index (χ1n) is 3.51. The van der Waals surface area contributed by atoms with E-state index in [1.807, 2.05) is 0 Å². The summed E-state index contributed by atoms with van der Waals surface area (Å²) in [5.41, 5.74) is 2.57. The molecular formula is C6H6BF3N2O2. The molecule has 4 N–H and O–H groups in total. The lowest BCUT2D eigenvalue weighted by molar-refractivity contribution is -0.140. The average Bonchev–Trinajstić information content (AvgIpc) is 2.01. The summed E-state index contributed by atoms with van der Waals surface area (Å²) in [7, 11) is -2.04. The molecular weight excluding hydrogens is 200 g/mol. The number of anilines is 1. The van der Waals surface area contributed by atoms with Gasteiger partial charge in [0.15, 0.2) is 5.69 Å². The lowest BCUT2D eigenvalue weighted by Crippen LogP contribution is -2.34. The summed E-state index contributed by atoms with van der Waals surface area (Å²) in [6.45, 7) is 0. The van der Waals surface area contributed by atoms with Gasteiger partial charge in [0.2, 0.25) is 0 Å². The Bertz CT molecular complexity index is 342. The first-order valence-corrected chi connectivity index (χ1v) is 3.51. The number of rotatable bonds is 1. The molecule has 1 aromatic rings. The highest BCUT2D eigenvalue weighted by molar-refractivity contribution is 6.60. The van der Waals surface area contributed by atoms with Crippen molar-refractivity contribution >= 4 is 18.3 Å². The Hall–Kier alpha value is -1.28. The van der Waals surface area contributed by atoms with Crippen molar-refractivity contribution in [2.75, 3.05) is 5.73 Å². The molecule has 1 rings (SSSR count). The molecule has 1 heterocycles. The zero-order valence-corrected chi connectivity index (χ0v) is 6.78. The molecule has 0 aliphatic rings. The summed E-state index contributed by atoms with van der Waals surface area (Å²) >= 11 is 0. The lowest BCUT2D eigenvalue weighted by Gasteiger charge is -2.11. The van der Waals surface area contributed by atoms with E-state index >= 15 is 0 Å². The zero-order chi connectivity index (χ0) is 10.9. The molecule has 1 aromatic heterocycles. The number of hydrogen-bond acceptors (Lipinski definition) is 4. The first kappa shape index (κ1) is 10.8. The van der Waals surface area contributed by atoms with Crippen LogP contribution in [0, 0.1) is 0 Å². The van der Waals surface area contributed by atoms with Crippen molar-refractivity contribution in [2.24, 2.45) is 0 Å². The highest BCUT2D eigenvalue weighted by Crippen LogP contribution is 2.30. The molecule has 0 aliphatic carbocycles. The molecule has 8 heteroatoms. The molecule has 0 aromatic carbocycles. The third kappa shape index (κ3) is 1.96. The van der Waals surface area contributed by atoms with Gasteiger partial charge < -0.3 is 15.8 Å². The van der Waals surface area contributed by atoms with Crippen LogP contribution in [0.15, 0.2) is 12.3 Å². The first-order chi connectivity index (χ1) is 6.34. The van der Waals surface area contributed by atoms with Crippen molar-refractivity contribution in [3.05, 3.63) is 18.0 Å². The van der Waals surface area contributed by atoms with Crippen LogP contribution in [0.1, 0.15) is 5.69 Å². The van der Waals surface area contributed by atoms with Gasteiger partial charge in [-0.05, 0) is 6.07 Å². The molecule has 0 fully saturated rings. The van der Waals surface area contributed by atoms with E-state index in [1.165, 1.54) is 0 Å². The SMILES string of the molecule is Nc1c(B(O)O)ccnc1C(F)(F)F. The van der Waals surface area contributed by atoms with E-state index in [4.69, 9.17) is 15.8 Å². The zero-order valence-electron chi connectivity index (χ0n) is 6.78. The van der Waals surface area contributed by atoms with Crippen molar-refractivity contribution in [1.82, 2.24) is 4.98 Å². The van der Waals surface area contributed by atoms with E-state index in [-0.39, 0.29) is 0 Å². The minimum absolute atomic E-state index is 0.410. The maximum atomic E-state index is 12.2. The van der Waals surface area contributed by atoms with Gasteiger partial charge in [-0.25, -0.2) is 4.98 Å². The highest BCUT2D eigenvalue weighted by Gasteiger charge is 2.36. The second kappa shape index (κ2) is 3.47. The molecule has 0 radical (unpaired) electrons. The Morgan fingerprint density at radius 1 is 1.36 bits per heavy atom. The van der Waals surface area contributed by atoms with Crippen LogP contribution < -0.4 is 11.2 Å². The molecule has 0 aliphatic heterocycles. The average molecular weight is 206 g/mol. The molecule has 76 valence electrons. The van der Waals surface area contributed by atoms with Gasteiger partial charge in [0, 0.05) is 11.7 Å². The van der Waals surface area contributed by atoms with Gasteiger partial charge in [-0.15, -0.1) is 0 Å². The summed E-state index contributed by atoms with van der Waals surface area (Å²) in [4.78, 5) is 3.02. The molecule has 0 saturated carbocycles. The van der Waals surface area contributed by atoms with E-state index < -0.39 is 30.1 Å². The summed E-state index contributed by atoms with van der Waals surface area (Å²) in [6, 6.07) is 1.01. The molecule has 0 bridgehead atoms. The summed E-state index contributed by atoms with van der Waals surface area (Å²) in [5, 5.41) is 17.4. The summed E-state index contributed by atoms with van der Waals surface area (Å²) in [6.07, 6.45) is -3.89. The van der Waals surface area contributed by atoms with Gasteiger partial charge in [-0.2, -0.15) is 13.2 Å². The molecule has 0 unspecified atom stereocenters. The van der Waals surface area contributed by atoms with Gasteiger partial charge in [0.05, 0.1) is 5.69 Å². The fraction of sp³-hybridized carbons (Fsp3) is 0.167. The normalized spacial score (nSPS) is 11.5. The molecule has 0 amide bonds. The predicted molar refractivity (Wildman–Crippen MR) is 43.5 cm³/mol. The molecule has 0 spiro atoms. The molecule has 14 heavy (non-hydrogen) atoms. The Kier molecular flexibility index (Phi) is 2.67. The Balaban J connectivity index is 3.28. The van der Waals surface area contributed by atoms with E-state index in [0.29, 0.717) is 0 Å². The number of hydrogen-bond donors (Lipinski definition) is 3. The molecule has 0 saturated heterocycles. The van der Waals surface area contributed by atoms with Gasteiger partial charge in [-0.1, -0.05) is 0 Å². The van der Waals surface area contributed by atoms with Gasteiger partial charge in [0.1, 0.15) is 0 Å². The third-order valence-electron chi connectivity index (χ3n) is 1.57. The number of halogens is 3. The fourth-order valence-corrected chi connectivity index (χ4v) is 0.939. The van der Waals surface area contributed by atoms with Crippen molar-refractivity contribution < 1.29 is 23.2 Å². The lowest BCUT2D eigenvalue weighted by atomic mass is 9.79. The number of alkyl halides is 3. The van der Waals surface area contributed by atoms with E-state index in [1.54, 1.807) is 0 Å². The van der Waals surface area contributed by atoms with Crippen LogP contribution in [-0.2, 0) is 6.18 Å². The van der Waals surface area contributed by atoms with E-state index in [2.05, 4.69) is 4.98 Å². The fourth-order valence-electron chi connectivity index (χ4n) is 0.939. The number of nitrogens with two attached hydrogens (primary N) is 1. The van der Waals surface area contributed by atoms with Gasteiger partial charge >= 0.3 is 13.3 Å². The summed E-state index contributed by atoms with van der Waals surface area (Å²) < 4.78 is 36.6. The predicted octanol–water partition coefficient (Wildman–Crippen LogP) is -0.638.